The highest BCUT2D eigenvalue weighted by Crippen LogP contribution is 2.32. The summed E-state index contributed by atoms with van der Waals surface area (Å²) < 4.78 is 4.99. The van der Waals surface area contributed by atoms with Gasteiger partial charge in [-0.2, -0.15) is 0 Å². The molecule has 1 saturated carbocycles. The highest BCUT2D eigenvalue weighted by molar-refractivity contribution is 5.82. The highest BCUT2D eigenvalue weighted by atomic mass is 16.5. The Balaban J connectivity index is 1.91. The summed E-state index contributed by atoms with van der Waals surface area (Å²) in [6, 6.07) is 10.8. The maximum absolute atomic E-state index is 11.5. The van der Waals surface area contributed by atoms with Crippen molar-refractivity contribution in [2.24, 2.45) is 0 Å². The van der Waals surface area contributed by atoms with E-state index in [4.69, 9.17) is 4.74 Å². The molecular formula is C18H24O2. The summed E-state index contributed by atoms with van der Waals surface area (Å²) in [6.45, 7) is 2.30. The predicted molar refractivity (Wildman–Crippen MR) is 81.6 cm³/mol. The Morgan fingerprint density at radius 2 is 1.85 bits per heavy atom. The molecule has 0 amide bonds. The number of hydrogen-bond donors (Lipinski definition) is 0. The van der Waals surface area contributed by atoms with Crippen LogP contribution in [0.2, 0.25) is 0 Å². The number of carbonyl (C=O) groups excluding carboxylic acids is 1. The summed E-state index contributed by atoms with van der Waals surface area (Å²) in [7, 11) is 0. The van der Waals surface area contributed by atoms with E-state index in [1.54, 1.807) is 6.08 Å². The average Bonchev–Trinajstić information content (AvgIpc) is 2.43. The molecule has 2 rings (SSSR count). The molecule has 2 heteroatoms. The Morgan fingerprint density at radius 3 is 2.45 bits per heavy atom. The lowest BCUT2D eigenvalue weighted by Gasteiger charge is -2.21. The molecule has 0 radical (unpaired) electrons. The minimum absolute atomic E-state index is 0.178. The van der Waals surface area contributed by atoms with E-state index >= 15 is 0 Å². The molecule has 108 valence electrons. The Kier molecular flexibility index (Phi) is 5.85. The second-order valence-corrected chi connectivity index (χ2v) is 5.45. The first-order chi connectivity index (χ1) is 9.79. The number of esters is 1. The van der Waals surface area contributed by atoms with Crippen LogP contribution in [0, 0.1) is 0 Å². The van der Waals surface area contributed by atoms with Gasteiger partial charge in [-0.3, -0.25) is 0 Å². The van der Waals surface area contributed by atoms with Crippen LogP contribution in [0.5, 0.6) is 0 Å². The molecule has 2 nitrogen and oxygen atoms in total. The summed E-state index contributed by atoms with van der Waals surface area (Å²) in [5, 5.41) is 0. The minimum Gasteiger partial charge on any atom is -0.463 e. The van der Waals surface area contributed by atoms with Gasteiger partial charge in [-0.1, -0.05) is 35.9 Å². The minimum atomic E-state index is -0.178. The first-order valence-electron chi connectivity index (χ1n) is 7.70. The molecule has 20 heavy (non-hydrogen) atoms. The van der Waals surface area contributed by atoms with E-state index in [0.717, 1.165) is 25.7 Å². The molecule has 0 bridgehead atoms. The lowest BCUT2D eigenvalue weighted by molar-refractivity contribution is -0.137. The molecule has 1 aromatic carbocycles. The van der Waals surface area contributed by atoms with Crippen molar-refractivity contribution < 1.29 is 9.53 Å². The normalized spacial score (nSPS) is 19.9. The zero-order valence-corrected chi connectivity index (χ0v) is 12.3. The molecule has 0 saturated heterocycles. The molecule has 1 fully saturated rings. The SMILES string of the molecule is CCOC(=O)C=C1CCCC(c2ccccc2)CCC1. The fourth-order valence-corrected chi connectivity index (χ4v) is 2.97. The molecule has 0 unspecified atom stereocenters. The van der Waals surface area contributed by atoms with E-state index in [0.29, 0.717) is 12.5 Å². The second kappa shape index (κ2) is 7.88. The van der Waals surface area contributed by atoms with E-state index in [1.165, 1.54) is 24.0 Å². The van der Waals surface area contributed by atoms with E-state index in [-0.39, 0.29) is 5.97 Å². The first kappa shape index (κ1) is 14.8. The van der Waals surface area contributed by atoms with Crippen molar-refractivity contribution in [1.29, 1.82) is 0 Å². The van der Waals surface area contributed by atoms with E-state index in [9.17, 15) is 4.79 Å². The number of carbonyl (C=O) groups is 1. The van der Waals surface area contributed by atoms with Crippen LogP contribution in [-0.4, -0.2) is 12.6 Å². The number of ether oxygens (including phenoxy) is 1. The van der Waals surface area contributed by atoms with E-state index in [1.807, 2.05) is 6.92 Å². The summed E-state index contributed by atoms with van der Waals surface area (Å²) >= 11 is 0. The van der Waals surface area contributed by atoms with E-state index in [2.05, 4.69) is 30.3 Å². The number of allylic oxidation sites excluding steroid dienone is 1. The zero-order valence-electron chi connectivity index (χ0n) is 12.3. The topological polar surface area (TPSA) is 26.3 Å². The fraction of sp³-hybridized carbons (Fsp3) is 0.500. The molecule has 0 heterocycles. The maximum atomic E-state index is 11.5. The van der Waals surface area contributed by atoms with Gasteiger partial charge in [-0.25, -0.2) is 4.79 Å². The van der Waals surface area contributed by atoms with Crippen LogP contribution in [0.1, 0.15) is 56.9 Å². The van der Waals surface area contributed by atoms with Gasteiger partial charge in [-0.05, 0) is 56.9 Å². The summed E-state index contributed by atoms with van der Waals surface area (Å²) in [6.07, 6.45) is 8.51. The standard InChI is InChI=1S/C18H24O2/c1-2-20-18(19)14-15-8-6-12-17(13-7-9-15)16-10-4-3-5-11-16/h3-5,10-11,14,17H,2,6-9,12-13H2,1H3. The van der Waals surface area contributed by atoms with Crippen molar-refractivity contribution in [3.05, 3.63) is 47.5 Å². The van der Waals surface area contributed by atoms with Crippen molar-refractivity contribution in [3.63, 3.8) is 0 Å². The smallest absolute Gasteiger partial charge is 0.330 e. The van der Waals surface area contributed by atoms with Crippen molar-refractivity contribution in [3.8, 4) is 0 Å². The van der Waals surface area contributed by atoms with Crippen LogP contribution in [0.3, 0.4) is 0 Å². The molecule has 0 aliphatic heterocycles. The van der Waals surface area contributed by atoms with Gasteiger partial charge in [0.1, 0.15) is 0 Å². The van der Waals surface area contributed by atoms with Crippen molar-refractivity contribution in [2.75, 3.05) is 6.61 Å². The molecule has 0 atom stereocenters. The van der Waals surface area contributed by atoms with Crippen molar-refractivity contribution in [2.45, 2.75) is 51.4 Å². The Labute approximate surface area is 121 Å². The zero-order chi connectivity index (χ0) is 14.2. The van der Waals surface area contributed by atoms with Gasteiger partial charge in [0.2, 0.25) is 0 Å². The van der Waals surface area contributed by atoms with Gasteiger partial charge in [0.25, 0.3) is 0 Å². The average molecular weight is 272 g/mol. The molecule has 1 aromatic rings. The lowest BCUT2D eigenvalue weighted by atomic mass is 9.84. The summed E-state index contributed by atoms with van der Waals surface area (Å²) in [5.41, 5.74) is 2.72. The highest BCUT2D eigenvalue weighted by Gasteiger charge is 2.15. The van der Waals surface area contributed by atoms with Gasteiger partial charge >= 0.3 is 5.97 Å². The van der Waals surface area contributed by atoms with Crippen molar-refractivity contribution >= 4 is 5.97 Å². The molecule has 1 aliphatic rings. The number of hydrogen-bond acceptors (Lipinski definition) is 2. The monoisotopic (exact) mass is 272 g/mol. The summed E-state index contributed by atoms with van der Waals surface area (Å²) in [5.74, 6) is 0.503. The number of rotatable bonds is 3. The van der Waals surface area contributed by atoms with Gasteiger partial charge in [-0.15, -0.1) is 0 Å². The third kappa shape index (κ3) is 4.52. The predicted octanol–water partition coefficient (Wildman–Crippen LogP) is 4.61. The largest absolute Gasteiger partial charge is 0.463 e. The van der Waals surface area contributed by atoms with Crippen LogP contribution in [0.15, 0.2) is 42.0 Å². The lowest BCUT2D eigenvalue weighted by Crippen LogP contribution is -2.06. The maximum Gasteiger partial charge on any atom is 0.330 e. The fourth-order valence-electron chi connectivity index (χ4n) is 2.97. The van der Waals surface area contributed by atoms with Gasteiger partial charge in [0, 0.05) is 6.08 Å². The van der Waals surface area contributed by atoms with Crippen LogP contribution < -0.4 is 0 Å². The molecule has 1 aliphatic carbocycles. The van der Waals surface area contributed by atoms with Gasteiger partial charge in [0.15, 0.2) is 0 Å². The molecule has 0 N–H and O–H groups in total. The Hall–Kier alpha value is -1.57. The van der Waals surface area contributed by atoms with Gasteiger partial charge in [0.05, 0.1) is 6.61 Å². The van der Waals surface area contributed by atoms with Crippen LogP contribution >= 0.6 is 0 Å². The first-order valence-corrected chi connectivity index (χ1v) is 7.70. The molecule has 0 spiro atoms. The Bertz CT molecular complexity index is 436. The van der Waals surface area contributed by atoms with Crippen LogP contribution in [0.4, 0.5) is 0 Å². The second-order valence-electron chi connectivity index (χ2n) is 5.45. The van der Waals surface area contributed by atoms with Crippen molar-refractivity contribution in [1.82, 2.24) is 0 Å². The van der Waals surface area contributed by atoms with Crippen LogP contribution in [-0.2, 0) is 9.53 Å². The molecule has 0 aromatic heterocycles. The quantitative estimate of drug-likeness (QED) is 0.593. The molecular weight excluding hydrogens is 248 g/mol. The third-order valence-corrected chi connectivity index (χ3v) is 3.98. The number of benzene rings is 1. The third-order valence-electron chi connectivity index (χ3n) is 3.98. The van der Waals surface area contributed by atoms with E-state index < -0.39 is 0 Å². The van der Waals surface area contributed by atoms with Gasteiger partial charge < -0.3 is 4.74 Å². The summed E-state index contributed by atoms with van der Waals surface area (Å²) in [4.78, 5) is 11.5. The van der Waals surface area contributed by atoms with Crippen LogP contribution in [0.25, 0.3) is 0 Å². The Morgan fingerprint density at radius 1 is 1.20 bits per heavy atom.